The number of rotatable bonds is 2. The molecule has 0 aliphatic heterocycles. The molecule has 0 atom stereocenters. The number of phenolic OH excluding ortho intramolecular Hbond substituents is 1. The Balaban J connectivity index is 3.06. The van der Waals surface area contributed by atoms with E-state index in [1.54, 1.807) is 6.08 Å². The van der Waals surface area contributed by atoms with Gasteiger partial charge < -0.3 is 5.11 Å². The highest BCUT2D eigenvalue weighted by molar-refractivity contribution is 5.39. The molecule has 1 heteroatoms. The number of allylic oxidation sites excluding steroid dienone is 1. The molecule has 0 amide bonds. The summed E-state index contributed by atoms with van der Waals surface area (Å²) in [6.07, 6.45) is 2.52. The second kappa shape index (κ2) is 3.87. The number of hydrogen-bond acceptors (Lipinski definition) is 1. The smallest absolute Gasteiger partial charge is 0.119 e. The van der Waals surface area contributed by atoms with Crippen LogP contribution in [0.4, 0.5) is 0 Å². The van der Waals surface area contributed by atoms with Crippen LogP contribution in [0.2, 0.25) is 0 Å². The van der Waals surface area contributed by atoms with Crippen molar-refractivity contribution in [3.8, 4) is 5.75 Å². The first kappa shape index (κ1) is 10.8. The maximum Gasteiger partial charge on any atom is 0.119 e. The van der Waals surface area contributed by atoms with Gasteiger partial charge in [0.05, 0.1) is 0 Å². The Morgan fingerprint density at radius 3 is 2.43 bits per heavy atom. The highest BCUT2D eigenvalue weighted by Crippen LogP contribution is 2.27. The lowest BCUT2D eigenvalue weighted by molar-refractivity contribution is 0.465. The molecule has 14 heavy (non-hydrogen) atoms. The van der Waals surface area contributed by atoms with Crippen molar-refractivity contribution in [2.24, 2.45) is 0 Å². The third kappa shape index (κ3) is 2.38. The van der Waals surface area contributed by atoms with E-state index < -0.39 is 0 Å². The van der Waals surface area contributed by atoms with Crippen molar-refractivity contribution in [2.45, 2.75) is 32.6 Å². The lowest BCUT2D eigenvalue weighted by Crippen LogP contribution is -2.10. The highest BCUT2D eigenvalue weighted by Gasteiger charge is 2.14. The molecule has 0 fully saturated rings. The summed E-state index contributed by atoms with van der Waals surface area (Å²) in [5, 5.41) is 9.74. The molecule has 0 saturated heterocycles. The fourth-order valence-corrected chi connectivity index (χ4v) is 1.36. The average Bonchev–Trinajstić information content (AvgIpc) is 2.07. The zero-order valence-corrected chi connectivity index (χ0v) is 9.17. The molecule has 0 aliphatic rings. The van der Waals surface area contributed by atoms with Gasteiger partial charge in [-0.25, -0.2) is 0 Å². The standard InChI is InChI=1S/C13H18O/c1-5-6-10-7-8-11(9-12(10)14)13(2,3)4/h5,7-9,14H,1,6H2,2-4H3. The van der Waals surface area contributed by atoms with Crippen LogP contribution in [0.1, 0.15) is 31.9 Å². The van der Waals surface area contributed by atoms with Crippen LogP contribution in [0, 0.1) is 0 Å². The molecule has 0 bridgehead atoms. The Morgan fingerprint density at radius 1 is 1.36 bits per heavy atom. The zero-order chi connectivity index (χ0) is 10.8. The van der Waals surface area contributed by atoms with Gasteiger partial charge in [0, 0.05) is 0 Å². The number of phenols is 1. The van der Waals surface area contributed by atoms with E-state index in [0.717, 1.165) is 17.5 Å². The predicted octanol–water partition coefficient (Wildman–Crippen LogP) is 3.42. The van der Waals surface area contributed by atoms with Crippen molar-refractivity contribution in [1.29, 1.82) is 0 Å². The molecule has 0 radical (unpaired) electrons. The minimum Gasteiger partial charge on any atom is -0.508 e. The molecular formula is C13H18O. The van der Waals surface area contributed by atoms with E-state index in [-0.39, 0.29) is 5.41 Å². The van der Waals surface area contributed by atoms with Gasteiger partial charge in [0.15, 0.2) is 0 Å². The van der Waals surface area contributed by atoms with Gasteiger partial charge in [-0.2, -0.15) is 0 Å². The van der Waals surface area contributed by atoms with Crippen molar-refractivity contribution in [2.75, 3.05) is 0 Å². The highest BCUT2D eigenvalue weighted by atomic mass is 16.3. The van der Waals surface area contributed by atoms with Crippen molar-refractivity contribution in [3.63, 3.8) is 0 Å². The minimum atomic E-state index is 0.0875. The lowest BCUT2D eigenvalue weighted by Gasteiger charge is -2.19. The molecular weight excluding hydrogens is 172 g/mol. The summed E-state index contributed by atoms with van der Waals surface area (Å²) in [6, 6.07) is 5.88. The number of aromatic hydroxyl groups is 1. The average molecular weight is 190 g/mol. The second-order valence-electron chi connectivity index (χ2n) is 4.59. The van der Waals surface area contributed by atoms with Crippen LogP contribution >= 0.6 is 0 Å². The van der Waals surface area contributed by atoms with E-state index in [1.165, 1.54) is 0 Å². The maximum absolute atomic E-state index is 9.74. The summed E-state index contributed by atoms with van der Waals surface area (Å²) < 4.78 is 0. The summed E-state index contributed by atoms with van der Waals surface area (Å²) in [4.78, 5) is 0. The lowest BCUT2D eigenvalue weighted by atomic mass is 9.86. The molecule has 76 valence electrons. The van der Waals surface area contributed by atoms with Gasteiger partial charge >= 0.3 is 0 Å². The third-order valence-electron chi connectivity index (χ3n) is 2.32. The van der Waals surface area contributed by atoms with Gasteiger partial charge in [-0.15, -0.1) is 6.58 Å². The first-order chi connectivity index (χ1) is 6.45. The van der Waals surface area contributed by atoms with Crippen LogP contribution in [0.25, 0.3) is 0 Å². The molecule has 1 N–H and O–H groups in total. The van der Waals surface area contributed by atoms with E-state index in [2.05, 4.69) is 33.4 Å². The van der Waals surface area contributed by atoms with Gasteiger partial charge in [0.2, 0.25) is 0 Å². The SMILES string of the molecule is C=CCc1ccc(C(C)(C)C)cc1O. The Labute approximate surface area is 86.1 Å². The Bertz CT molecular complexity index is 332. The zero-order valence-electron chi connectivity index (χ0n) is 9.17. The van der Waals surface area contributed by atoms with Crippen LogP contribution in [0.3, 0.4) is 0 Å². The summed E-state index contributed by atoms with van der Waals surface area (Å²) in [5.41, 5.74) is 2.18. The first-order valence-electron chi connectivity index (χ1n) is 4.88. The van der Waals surface area contributed by atoms with E-state index in [1.807, 2.05) is 12.1 Å². The van der Waals surface area contributed by atoms with Gasteiger partial charge in [-0.3, -0.25) is 0 Å². The summed E-state index contributed by atoms with van der Waals surface area (Å²) in [5.74, 6) is 0.373. The van der Waals surface area contributed by atoms with Crippen molar-refractivity contribution in [3.05, 3.63) is 42.0 Å². The molecule has 1 aromatic carbocycles. The summed E-state index contributed by atoms with van der Waals surface area (Å²) in [7, 11) is 0. The fourth-order valence-electron chi connectivity index (χ4n) is 1.36. The van der Waals surface area contributed by atoms with Gasteiger partial charge in [-0.05, 0) is 29.0 Å². The van der Waals surface area contributed by atoms with Crippen molar-refractivity contribution in [1.82, 2.24) is 0 Å². The molecule has 0 spiro atoms. The van der Waals surface area contributed by atoms with E-state index in [0.29, 0.717) is 5.75 Å². The van der Waals surface area contributed by atoms with E-state index in [4.69, 9.17) is 0 Å². The normalized spacial score (nSPS) is 11.4. The van der Waals surface area contributed by atoms with E-state index >= 15 is 0 Å². The topological polar surface area (TPSA) is 20.2 Å². The van der Waals surface area contributed by atoms with Gasteiger partial charge in [-0.1, -0.05) is 39.0 Å². The second-order valence-corrected chi connectivity index (χ2v) is 4.59. The Hall–Kier alpha value is -1.24. The van der Waals surface area contributed by atoms with Crippen LogP contribution in [-0.2, 0) is 11.8 Å². The van der Waals surface area contributed by atoms with Gasteiger partial charge in [0.1, 0.15) is 5.75 Å². The summed E-state index contributed by atoms with van der Waals surface area (Å²) in [6.45, 7) is 10.1. The van der Waals surface area contributed by atoms with Crippen molar-refractivity contribution >= 4 is 0 Å². The third-order valence-corrected chi connectivity index (χ3v) is 2.32. The molecule has 0 aliphatic carbocycles. The molecule has 0 heterocycles. The minimum absolute atomic E-state index is 0.0875. The quantitative estimate of drug-likeness (QED) is 0.708. The number of hydrogen-bond donors (Lipinski definition) is 1. The summed E-state index contributed by atoms with van der Waals surface area (Å²) >= 11 is 0. The maximum atomic E-state index is 9.74. The monoisotopic (exact) mass is 190 g/mol. The van der Waals surface area contributed by atoms with Gasteiger partial charge in [0.25, 0.3) is 0 Å². The van der Waals surface area contributed by atoms with Crippen LogP contribution in [0.15, 0.2) is 30.9 Å². The predicted molar refractivity (Wildman–Crippen MR) is 60.7 cm³/mol. The van der Waals surface area contributed by atoms with Crippen LogP contribution < -0.4 is 0 Å². The Morgan fingerprint density at radius 2 is 2.00 bits per heavy atom. The molecule has 1 aromatic rings. The van der Waals surface area contributed by atoms with E-state index in [9.17, 15) is 5.11 Å². The molecule has 1 rings (SSSR count). The molecule has 0 saturated carbocycles. The molecule has 1 nitrogen and oxygen atoms in total. The van der Waals surface area contributed by atoms with Crippen molar-refractivity contribution < 1.29 is 5.11 Å². The molecule has 0 unspecified atom stereocenters. The largest absolute Gasteiger partial charge is 0.508 e. The molecule has 0 aromatic heterocycles. The fraction of sp³-hybridized carbons (Fsp3) is 0.385. The van der Waals surface area contributed by atoms with Crippen LogP contribution in [0.5, 0.6) is 5.75 Å². The number of benzene rings is 1. The first-order valence-corrected chi connectivity index (χ1v) is 4.88. The van der Waals surface area contributed by atoms with Crippen LogP contribution in [-0.4, -0.2) is 5.11 Å². The Kier molecular flexibility index (Phi) is 3.00.